The first kappa shape index (κ1) is 98.0. The van der Waals surface area contributed by atoms with E-state index in [1.165, 1.54) is 0 Å². The van der Waals surface area contributed by atoms with Crippen LogP contribution < -0.4 is 0 Å². The Kier molecular flexibility index (Phi) is 24.4. The number of alkyl halides is 58. The molecule has 0 saturated carbocycles. The van der Waals surface area contributed by atoms with Crippen LogP contribution in [0.2, 0.25) is 0 Å². The number of carbonyl (C=O) groups excluding carboxylic acids is 2. The lowest BCUT2D eigenvalue weighted by molar-refractivity contribution is -0.487. The van der Waals surface area contributed by atoms with Crippen LogP contribution in [0.5, 0.6) is 0 Å². The standard InChI is InChI=1S/C42H16F58O6/c43-15(44,17(47,48)19(51,52)21(55,56)23(59,60)25(63,64)27(67,68)29(71,72)31(75,76)33(79,80)35(83,84)37(87,88)39(91,92)41(95,96)97)5-9(101)7-105-13(103)11-3-1-2-4-12(11)14(104)106-8-10(102)6-16(45,46)18(49,50)20(53,54)22(57,58)24(61,62)26(65,66)28(69,70)30(73,74)32(77,78)34(81,82)36(85,86)38(89,90)40(93,94)42(98,99)100/h1-4,9-10,101-102H,5-8H2. The third kappa shape index (κ3) is 12.9. The Labute approximate surface area is 536 Å². The van der Waals surface area contributed by atoms with Gasteiger partial charge in [0.2, 0.25) is 0 Å². The van der Waals surface area contributed by atoms with E-state index >= 15 is 0 Å². The van der Waals surface area contributed by atoms with Crippen molar-refractivity contribution in [3.63, 3.8) is 0 Å². The van der Waals surface area contributed by atoms with Crippen molar-refractivity contribution < 1.29 is 284 Å². The van der Waals surface area contributed by atoms with Crippen molar-refractivity contribution in [2.24, 2.45) is 0 Å². The zero-order valence-electron chi connectivity index (χ0n) is 46.7. The normalized spacial score (nSPS) is 17.0. The molecule has 0 fully saturated rings. The number of benzene rings is 1. The molecular weight excluding hydrogens is 1700 g/mol. The summed E-state index contributed by atoms with van der Waals surface area (Å²) < 4.78 is 812. The smallest absolute Gasteiger partial charge is 0.459 e. The summed E-state index contributed by atoms with van der Waals surface area (Å²) in [7, 11) is 0. The Morgan fingerprint density at radius 3 is 0.481 bits per heavy atom. The summed E-state index contributed by atoms with van der Waals surface area (Å²) >= 11 is 0. The molecule has 1 rings (SSSR count). The largest absolute Gasteiger partial charge is 0.460 e. The molecule has 106 heavy (non-hydrogen) atoms. The lowest BCUT2D eigenvalue weighted by atomic mass is 9.83. The Bertz CT molecular complexity index is 3080. The van der Waals surface area contributed by atoms with E-state index in [1.807, 2.05) is 0 Å². The van der Waals surface area contributed by atoms with Crippen LogP contribution in [-0.2, 0) is 9.47 Å². The van der Waals surface area contributed by atoms with Gasteiger partial charge in [-0.25, -0.2) is 9.59 Å². The first-order valence-electron chi connectivity index (χ1n) is 24.0. The van der Waals surface area contributed by atoms with E-state index in [0.717, 1.165) is 0 Å². The summed E-state index contributed by atoms with van der Waals surface area (Å²) in [5.74, 6) is -258. The van der Waals surface area contributed by atoms with Crippen molar-refractivity contribution >= 4 is 11.9 Å². The zero-order chi connectivity index (χ0) is 86.5. The molecule has 0 heterocycles. The van der Waals surface area contributed by atoms with Gasteiger partial charge in [-0.2, -0.15) is 255 Å². The van der Waals surface area contributed by atoms with Gasteiger partial charge in [-0.3, -0.25) is 0 Å². The fourth-order valence-electron chi connectivity index (χ4n) is 7.06. The van der Waals surface area contributed by atoms with E-state index in [-0.39, 0.29) is 24.3 Å². The second-order valence-electron chi connectivity index (χ2n) is 20.6. The van der Waals surface area contributed by atoms with E-state index in [4.69, 9.17) is 0 Å². The molecule has 0 spiro atoms. The number of aliphatic hydroxyl groups excluding tert-OH is 2. The Hall–Kier alpha value is -5.98. The lowest BCUT2D eigenvalue weighted by Gasteiger charge is -2.46. The molecule has 64 heteroatoms. The maximum absolute atomic E-state index is 14.6. The lowest BCUT2D eigenvalue weighted by Crippen LogP contribution is -2.79. The molecule has 0 radical (unpaired) electrons. The average Bonchev–Trinajstić information content (AvgIpc) is 0.684. The summed E-state index contributed by atoms with van der Waals surface area (Å²) in [5.41, 5.74) is -3.78. The first-order valence-corrected chi connectivity index (χ1v) is 24.0. The number of aliphatic hydroxyl groups is 2. The Morgan fingerprint density at radius 2 is 0.349 bits per heavy atom. The number of ether oxygens (including phenoxy) is 2. The molecular formula is C42H16F58O6. The highest BCUT2D eigenvalue weighted by atomic mass is 19.5. The van der Waals surface area contributed by atoms with Crippen molar-refractivity contribution in [3.8, 4) is 0 Å². The van der Waals surface area contributed by atoms with Crippen LogP contribution in [-0.4, -0.2) is 214 Å². The van der Waals surface area contributed by atoms with Gasteiger partial charge in [0.1, 0.15) is 13.2 Å². The molecule has 0 aliphatic carbocycles. The number of rotatable bonds is 34. The molecule has 6 nitrogen and oxygen atoms in total. The van der Waals surface area contributed by atoms with E-state index < -0.39 is 228 Å². The molecule has 0 aliphatic heterocycles. The molecule has 626 valence electrons. The summed E-state index contributed by atoms with van der Waals surface area (Å²) in [6, 6.07) is 0.395. The minimum absolute atomic E-state index is 0.0804. The van der Waals surface area contributed by atoms with Gasteiger partial charge in [-0.1, -0.05) is 12.1 Å². The van der Waals surface area contributed by atoms with Gasteiger partial charge < -0.3 is 19.7 Å². The highest BCUT2D eigenvalue weighted by molar-refractivity contribution is 6.03. The first-order chi connectivity index (χ1) is 45.3. The zero-order valence-corrected chi connectivity index (χ0v) is 46.7. The maximum Gasteiger partial charge on any atom is 0.460 e. The molecule has 0 bridgehead atoms. The van der Waals surface area contributed by atoms with Crippen LogP contribution in [0.1, 0.15) is 33.6 Å². The van der Waals surface area contributed by atoms with Crippen molar-refractivity contribution in [1.82, 2.24) is 0 Å². The third-order valence-electron chi connectivity index (χ3n) is 13.5. The van der Waals surface area contributed by atoms with Crippen molar-refractivity contribution in [2.45, 2.75) is 191 Å². The Morgan fingerprint density at radius 1 is 0.226 bits per heavy atom. The van der Waals surface area contributed by atoms with Crippen LogP contribution >= 0.6 is 0 Å². The highest BCUT2D eigenvalue weighted by Gasteiger charge is 3.04. The topological polar surface area (TPSA) is 93.1 Å². The molecule has 2 atom stereocenters. The molecule has 0 saturated heterocycles. The predicted octanol–water partition coefficient (Wildman–Crippen LogP) is 19.1. The maximum atomic E-state index is 14.6. The van der Waals surface area contributed by atoms with Crippen LogP contribution in [0.15, 0.2) is 24.3 Å². The summed E-state index contributed by atoms with van der Waals surface area (Å²) in [4.78, 5) is 25.0. The number of halogens is 58. The minimum atomic E-state index is -10.3. The van der Waals surface area contributed by atoms with E-state index in [2.05, 4.69) is 9.47 Å². The molecule has 0 aromatic heterocycles. The van der Waals surface area contributed by atoms with E-state index in [9.17, 15) is 274 Å². The monoisotopic (exact) mass is 1720 g/mol. The van der Waals surface area contributed by atoms with Gasteiger partial charge in [0.25, 0.3) is 0 Å². The second-order valence-corrected chi connectivity index (χ2v) is 20.6. The second kappa shape index (κ2) is 26.3. The predicted molar refractivity (Wildman–Crippen MR) is 209 cm³/mol. The van der Waals surface area contributed by atoms with Crippen LogP contribution in [0.3, 0.4) is 0 Å². The number of esters is 2. The van der Waals surface area contributed by atoms with Crippen LogP contribution in [0, 0.1) is 0 Å². The van der Waals surface area contributed by atoms with Crippen molar-refractivity contribution in [3.05, 3.63) is 35.4 Å². The van der Waals surface area contributed by atoms with Gasteiger partial charge in [0, 0.05) is 12.8 Å². The summed E-state index contributed by atoms with van der Waals surface area (Å²) in [5, 5.41) is 19.2. The number of carbonyl (C=O) groups is 2. The van der Waals surface area contributed by atoms with Gasteiger partial charge in [-0.15, -0.1) is 0 Å². The van der Waals surface area contributed by atoms with Gasteiger partial charge >= 0.3 is 178 Å². The van der Waals surface area contributed by atoms with E-state index in [1.54, 1.807) is 0 Å². The number of hydrogen-bond donors (Lipinski definition) is 2. The number of hydrogen-bond acceptors (Lipinski definition) is 6. The fourth-order valence-corrected chi connectivity index (χ4v) is 7.06. The highest BCUT2D eigenvalue weighted by Crippen LogP contribution is 2.72. The molecule has 0 aliphatic rings. The molecule has 0 amide bonds. The van der Waals surface area contributed by atoms with Gasteiger partial charge in [0.05, 0.1) is 23.3 Å². The van der Waals surface area contributed by atoms with Crippen LogP contribution in [0.25, 0.3) is 0 Å². The minimum Gasteiger partial charge on any atom is -0.459 e. The third-order valence-corrected chi connectivity index (χ3v) is 13.5. The SMILES string of the molecule is O=C(OCC(O)CC(F)(F)C(F)(F)C(F)(F)C(F)(F)C(F)(F)C(F)(F)C(F)(F)C(F)(F)C(F)(F)C(F)(F)C(F)(F)C(F)(F)C(F)(F)C(F)(F)F)c1ccccc1C(=O)OCC(O)CC(F)(F)C(F)(F)C(F)(F)C(F)(F)C(F)(F)C(F)(F)C(F)(F)C(F)(F)C(F)(F)C(F)(F)C(F)(F)C(F)(F)C(F)(F)C(F)(F)F. The van der Waals surface area contributed by atoms with Gasteiger partial charge in [0.15, 0.2) is 0 Å². The summed E-state index contributed by atoms with van der Waals surface area (Å²) in [6.45, 7) is -5.70. The van der Waals surface area contributed by atoms with Crippen molar-refractivity contribution in [1.29, 1.82) is 0 Å². The Balaban J connectivity index is 3.63. The van der Waals surface area contributed by atoms with Crippen molar-refractivity contribution in [2.75, 3.05) is 13.2 Å². The summed E-state index contributed by atoms with van der Waals surface area (Å²) in [6.07, 6.45) is -33.8. The fraction of sp³-hybridized carbons (Fsp3) is 0.810. The average molecular weight is 1720 g/mol. The molecule has 2 N–H and O–H groups in total. The molecule has 1 aromatic carbocycles. The van der Waals surface area contributed by atoms with Crippen LogP contribution in [0.4, 0.5) is 255 Å². The molecule has 2 unspecified atom stereocenters. The van der Waals surface area contributed by atoms with E-state index in [0.29, 0.717) is 0 Å². The van der Waals surface area contributed by atoms with Gasteiger partial charge in [-0.05, 0) is 12.1 Å². The quantitative estimate of drug-likeness (QED) is 0.0528. The molecule has 1 aromatic rings.